The monoisotopic (exact) mass is 457 g/mol. The molecule has 2 saturated heterocycles. The zero-order valence-electron chi connectivity index (χ0n) is 17.3. The number of piperazine rings is 1. The van der Waals surface area contributed by atoms with Crippen LogP contribution in [0.25, 0.3) is 0 Å². The molecule has 8 nitrogen and oxygen atoms in total. The van der Waals surface area contributed by atoms with Crippen molar-refractivity contribution >= 4 is 11.8 Å². The van der Waals surface area contributed by atoms with Gasteiger partial charge in [0.2, 0.25) is 11.6 Å². The fourth-order valence-electron chi connectivity index (χ4n) is 5.06. The van der Waals surface area contributed by atoms with Crippen LogP contribution in [0.15, 0.2) is 4.79 Å². The van der Waals surface area contributed by atoms with Crippen LogP contribution in [0.1, 0.15) is 42.1 Å². The lowest BCUT2D eigenvalue weighted by Crippen LogP contribution is -2.68. The summed E-state index contributed by atoms with van der Waals surface area (Å²) in [4.78, 5) is 41.3. The Labute approximate surface area is 180 Å². The van der Waals surface area contributed by atoms with Crippen LogP contribution in [0.5, 0.6) is 0 Å². The van der Waals surface area contributed by atoms with Gasteiger partial charge in [-0.15, -0.1) is 0 Å². The van der Waals surface area contributed by atoms with Gasteiger partial charge in [0.05, 0.1) is 11.7 Å². The minimum Gasteiger partial charge on any atom is -0.339 e. The van der Waals surface area contributed by atoms with Gasteiger partial charge in [-0.1, -0.05) is 0 Å². The van der Waals surface area contributed by atoms with E-state index in [1.807, 2.05) is 5.10 Å². The third-order valence-corrected chi connectivity index (χ3v) is 6.92. The van der Waals surface area contributed by atoms with Crippen molar-refractivity contribution in [2.24, 2.45) is 5.92 Å². The zero-order valence-corrected chi connectivity index (χ0v) is 17.3. The Morgan fingerprint density at radius 1 is 1.03 bits per heavy atom. The van der Waals surface area contributed by atoms with E-state index in [-0.39, 0.29) is 62.1 Å². The van der Waals surface area contributed by atoms with E-state index >= 15 is 4.39 Å². The topological polar surface area (TPSA) is 89.6 Å². The Morgan fingerprint density at radius 2 is 1.66 bits per heavy atom. The molecule has 0 bridgehead atoms. The second-order valence-corrected chi connectivity index (χ2v) is 9.11. The number of hydrogen-bond acceptors (Lipinski definition) is 5. The summed E-state index contributed by atoms with van der Waals surface area (Å²) in [5, 5.41) is 5.72. The molecule has 0 aromatic carbocycles. The molecule has 1 saturated carbocycles. The summed E-state index contributed by atoms with van der Waals surface area (Å²) >= 11 is 0. The highest BCUT2D eigenvalue weighted by atomic mass is 19.4. The van der Waals surface area contributed by atoms with Gasteiger partial charge in [-0.2, -0.15) is 18.3 Å². The highest BCUT2D eigenvalue weighted by Crippen LogP contribution is 2.44. The van der Waals surface area contributed by atoms with Gasteiger partial charge < -0.3 is 9.80 Å². The van der Waals surface area contributed by atoms with Crippen LogP contribution in [-0.4, -0.2) is 81.6 Å². The van der Waals surface area contributed by atoms with Gasteiger partial charge in [0.1, 0.15) is 5.56 Å². The first-order valence-corrected chi connectivity index (χ1v) is 10.8. The molecule has 0 radical (unpaired) electrons. The summed E-state index contributed by atoms with van der Waals surface area (Å²) in [6.07, 6.45) is -2.70. The normalized spacial score (nSPS) is 25.4. The molecule has 3 heterocycles. The minimum atomic E-state index is -4.80. The summed E-state index contributed by atoms with van der Waals surface area (Å²) in [5.41, 5.74) is -4.69. The predicted molar refractivity (Wildman–Crippen MR) is 102 cm³/mol. The van der Waals surface area contributed by atoms with Gasteiger partial charge in [0, 0.05) is 45.2 Å². The Morgan fingerprint density at radius 3 is 2.25 bits per heavy atom. The lowest BCUT2D eigenvalue weighted by Gasteiger charge is -2.48. The molecular weight excluding hydrogens is 434 g/mol. The van der Waals surface area contributed by atoms with E-state index in [1.165, 1.54) is 4.90 Å². The molecule has 2 amide bonds. The molecule has 1 aromatic rings. The molecule has 2 aliphatic carbocycles. The molecule has 32 heavy (non-hydrogen) atoms. The molecule has 12 heteroatoms. The van der Waals surface area contributed by atoms with Crippen LogP contribution in [0.4, 0.5) is 17.6 Å². The van der Waals surface area contributed by atoms with Crippen LogP contribution in [0, 0.1) is 5.92 Å². The van der Waals surface area contributed by atoms with Crippen LogP contribution in [0.2, 0.25) is 0 Å². The van der Waals surface area contributed by atoms with E-state index in [0.717, 1.165) is 12.8 Å². The molecule has 174 valence electrons. The van der Waals surface area contributed by atoms with Crippen LogP contribution in [-0.2, 0) is 22.2 Å². The molecule has 1 aromatic heterocycles. The van der Waals surface area contributed by atoms with Crippen molar-refractivity contribution in [1.29, 1.82) is 0 Å². The van der Waals surface area contributed by atoms with Gasteiger partial charge in [-0.25, -0.2) is 9.49 Å². The molecular formula is C20H23F4N5O3. The van der Waals surface area contributed by atoms with Crippen molar-refractivity contribution < 1.29 is 27.2 Å². The number of carbonyl (C=O) groups is 2. The average Bonchev–Trinajstić information content (AvgIpc) is 3.49. The van der Waals surface area contributed by atoms with Crippen molar-refractivity contribution in [3.05, 3.63) is 27.2 Å². The third kappa shape index (κ3) is 3.48. The number of aromatic nitrogens is 2. The minimum absolute atomic E-state index is 0.0203. The summed E-state index contributed by atoms with van der Waals surface area (Å²) in [7, 11) is 0. The number of likely N-dealkylation sites (tertiary alicyclic amines) is 1. The lowest BCUT2D eigenvalue weighted by atomic mass is 9.91. The molecule has 1 N–H and O–H groups in total. The van der Waals surface area contributed by atoms with Crippen molar-refractivity contribution in [3.8, 4) is 0 Å². The van der Waals surface area contributed by atoms with Gasteiger partial charge in [0.25, 0.3) is 11.5 Å². The predicted octanol–water partition coefficient (Wildman–Crippen LogP) is 0.881. The first-order chi connectivity index (χ1) is 15.1. The quantitative estimate of drug-likeness (QED) is 0.681. The van der Waals surface area contributed by atoms with E-state index in [2.05, 4.69) is 5.10 Å². The molecule has 1 unspecified atom stereocenters. The number of nitrogens with zero attached hydrogens (tertiary/aromatic N) is 4. The molecule has 0 spiro atoms. The number of halogens is 4. The number of rotatable bonds is 3. The Balaban J connectivity index is 1.22. The molecule has 4 aliphatic rings. The maximum atomic E-state index is 15.3. The first kappa shape index (κ1) is 21.4. The van der Waals surface area contributed by atoms with Crippen molar-refractivity contribution in [2.45, 2.75) is 43.6 Å². The third-order valence-electron chi connectivity index (χ3n) is 6.92. The fourth-order valence-corrected chi connectivity index (χ4v) is 5.06. The summed E-state index contributed by atoms with van der Waals surface area (Å²) in [5.74, 6) is -0.442. The summed E-state index contributed by atoms with van der Waals surface area (Å²) in [6.45, 7) is 0.835. The van der Waals surface area contributed by atoms with Crippen LogP contribution >= 0.6 is 0 Å². The standard InChI is InChI=1S/C20H23F4N5O3/c21-19(18(32)28-7-5-27(6-8-28)17(31)11-1-2-11)9-29(10-19)13-4-3-12-14(20(22,23)24)16(30)26-25-15(12)13/h11,13H,1-10H2,(H,26,30). The number of H-pyrrole nitrogens is 1. The van der Waals surface area contributed by atoms with Gasteiger partial charge >= 0.3 is 6.18 Å². The van der Waals surface area contributed by atoms with Gasteiger partial charge in [-0.05, 0) is 31.2 Å². The Kier molecular flexibility index (Phi) is 4.84. The van der Waals surface area contributed by atoms with Crippen LogP contribution < -0.4 is 5.56 Å². The van der Waals surface area contributed by atoms with Crippen molar-refractivity contribution in [3.63, 3.8) is 0 Å². The lowest BCUT2D eigenvalue weighted by molar-refractivity contribution is -0.162. The largest absolute Gasteiger partial charge is 0.422 e. The fraction of sp³-hybridized carbons (Fsp3) is 0.700. The highest BCUT2D eigenvalue weighted by molar-refractivity contribution is 5.87. The summed E-state index contributed by atoms with van der Waals surface area (Å²) < 4.78 is 55.2. The first-order valence-electron chi connectivity index (χ1n) is 10.8. The molecule has 1 atom stereocenters. The van der Waals surface area contributed by atoms with Crippen LogP contribution in [0.3, 0.4) is 0 Å². The van der Waals surface area contributed by atoms with Crippen molar-refractivity contribution in [2.75, 3.05) is 39.3 Å². The number of aromatic amines is 1. The van der Waals surface area contributed by atoms with E-state index in [4.69, 9.17) is 0 Å². The second kappa shape index (κ2) is 7.26. The molecule has 5 rings (SSSR count). The van der Waals surface area contributed by atoms with E-state index in [9.17, 15) is 27.6 Å². The van der Waals surface area contributed by atoms with Gasteiger partial charge in [0.15, 0.2) is 0 Å². The second-order valence-electron chi connectivity index (χ2n) is 9.11. The average molecular weight is 457 g/mol. The van der Waals surface area contributed by atoms with Gasteiger partial charge in [-0.3, -0.25) is 19.3 Å². The Hall–Kier alpha value is -2.50. The number of amides is 2. The Bertz CT molecular complexity index is 1010. The van der Waals surface area contributed by atoms with E-state index < -0.39 is 34.9 Å². The number of nitrogens with one attached hydrogen (secondary N) is 1. The number of hydrogen-bond donors (Lipinski definition) is 1. The smallest absolute Gasteiger partial charge is 0.339 e. The highest BCUT2D eigenvalue weighted by Gasteiger charge is 2.55. The SMILES string of the molecule is O=C(C1CC1)N1CCN(C(=O)C2(F)CN(C3CCc4c3n[nH]c(=O)c4C(F)(F)F)C2)CC1. The molecule has 2 aliphatic heterocycles. The van der Waals surface area contributed by atoms with Crippen molar-refractivity contribution in [1.82, 2.24) is 24.9 Å². The number of alkyl halides is 4. The number of carbonyl (C=O) groups excluding carboxylic acids is 2. The molecule has 3 fully saturated rings. The van der Waals surface area contributed by atoms with E-state index in [1.54, 1.807) is 9.80 Å². The maximum absolute atomic E-state index is 15.3. The summed E-state index contributed by atoms with van der Waals surface area (Å²) in [6, 6.07) is -0.576. The number of fused-ring (bicyclic) bond motifs is 1. The van der Waals surface area contributed by atoms with E-state index in [0.29, 0.717) is 13.1 Å². The zero-order chi connectivity index (χ0) is 22.8. The maximum Gasteiger partial charge on any atom is 0.422 e.